The van der Waals surface area contributed by atoms with Gasteiger partial charge in [-0.2, -0.15) is 0 Å². The number of carbonyl (C=O) groups is 4. The molecule has 2 aliphatic heterocycles. The summed E-state index contributed by atoms with van der Waals surface area (Å²) in [4.78, 5) is 52.4. The highest BCUT2D eigenvalue weighted by Gasteiger charge is 2.47. The molecule has 0 aromatic heterocycles. The standard InChI is InChI=1S/C23H23N3O7S/c1-3-33-20-9-5-4-8-18(20)26-22(29)21(28)24(23(26)30)14-19(27)16-10-11-17-15(13-16)7-6-12-25(17)34(2,31)32/h4-5,8-11,13H,3,6-7,12,14H2,1-2H3. The van der Waals surface area contributed by atoms with Crippen molar-refractivity contribution >= 4 is 45.0 Å². The van der Waals surface area contributed by atoms with Gasteiger partial charge in [0.1, 0.15) is 5.75 Å². The van der Waals surface area contributed by atoms with Crippen LogP contribution in [-0.4, -0.2) is 62.9 Å². The van der Waals surface area contributed by atoms with E-state index < -0.39 is 40.2 Å². The Labute approximate surface area is 196 Å². The van der Waals surface area contributed by atoms with Crippen LogP contribution in [0.3, 0.4) is 0 Å². The second-order valence-electron chi connectivity index (χ2n) is 7.92. The second-order valence-corrected chi connectivity index (χ2v) is 9.83. The van der Waals surface area contributed by atoms with Crippen LogP contribution in [0.1, 0.15) is 29.3 Å². The van der Waals surface area contributed by atoms with Gasteiger partial charge in [0.15, 0.2) is 5.78 Å². The third-order valence-electron chi connectivity index (χ3n) is 5.64. The molecule has 2 heterocycles. The van der Waals surface area contributed by atoms with Crippen molar-refractivity contribution in [3.8, 4) is 5.75 Å². The molecule has 1 fully saturated rings. The number of hydrogen-bond acceptors (Lipinski definition) is 7. The zero-order valence-corrected chi connectivity index (χ0v) is 19.5. The van der Waals surface area contributed by atoms with E-state index in [4.69, 9.17) is 4.74 Å². The van der Waals surface area contributed by atoms with E-state index in [1.165, 1.54) is 16.4 Å². The number of nitrogens with zero attached hydrogens (tertiary/aromatic N) is 3. The number of Topliss-reactive ketones (excluding diaryl/α,β-unsaturated/α-hetero) is 1. The lowest BCUT2D eigenvalue weighted by atomic mass is 9.99. The van der Waals surface area contributed by atoms with Gasteiger partial charge in [-0.3, -0.25) is 18.7 Å². The van der Waals surface area contributed by atoms with Crippen LogP contribution in [0, 0.1) is 0 Å². The molecule has 2 aliphatic rings. The van der Waals surface area contributed by atoms with E-state index in [0.29, 0.717) is 47.0 Å². The van der Waals surface area contributed by atoms with Gasteiger partial charge < -0.3 is 4.74 Å². The smallest absolute Gasteiger partial charge is 0.339 e. The third kappa shape index (κ3) is 4.14. The summed E-state index contributed by atoms with van der Waals surface area (Å²) in [6.45, 7) is 1.77. The topological polar surface area (TPSA) is 121 Å². The van der Waals surface area contributed by atoms with Gasteiger partial charge in [0.25, 0.3) is 0 Å². The summed E-state index contributed by atoms with van der Waals surface area (Å²) in [5.74, 6) is -2.46. The lowest BCUT2D eigenvalue weighted by Gasteiger charge is -2.29. The van der Waals surface area contributed by atoms with Crippen molar-refractivity contribution in [3.05, 3.63) is 53.6 Å². The van der Waals surface area contributed by atoms with Crippen LogP contribution in [0.15, 0.2) is 42.5 Å². The number of rotatable bonds is 7. The number of ketones is 1. The third-order valence-corrected chi connectivity index (χ3v) is 6.82. The number of ether oxygens (including phenoxy) is 1. The zero-order valence-electron chi connectivity index (χ0n) is 18.7. The maximum absolute atomic E-state index is 13.0. The molecule has 4 rings (SSSR count). The van der Waals surface area contributed by atoms with Gasteiger partial charge in [-0.15, -0.1) is 0 Å². The summed E-state index contributed by atoms with van der Waals surface area (Å²) >= 11 is 0. The maximum atomic E-state index is 13.0. The minimum atomic E-state index is -3.45. The molecule has 0 N–H and O–H groups in total. The first-order valence-electron chi connectivity index (χ1n) is 10.7. The fraction of sp³-hybridized carbons (Fsp3) is 0.304. The molecule has 0 bridgehead atoms. The molecular weight excluding hydrogens is 462 g/mol. The van der Waals surface area contributed by atoms with Crippen molar-refractivity contribution in [3.63, 3.8) is 0 Å². The molecule has 2 aromatic carbocycles. The predicted octanol–water partition coefficient (Wildman–Crippen LogP) is 1.98. The summed E-state index contributed by atoms with van der Waals surface area (Å²) in [6, 6.07) is 9.97. The Balaban J connectivity index is 1.58. The largest absolute Gasteiger partial charge is 0.492 e. The zero-order chi connectivity index (χ0) is 24.6. The van der Waals surface area contributed by atoms with Crippen LogP contribution in [-0.2, 0) is 26.0 Å². The van der Waals surface area contributed by atoms with Crippen molar-refractivity contribution in [2.45, 2.75) is 19.8 Å². The first kappa shape index (κ1) is 23.4. The number of carbonyl (C=O) groups excluding carboxylic acids is 4. The van der Waals surface area contributed by atoms with E-state index in [-0.39, 0.29) is 17.0 Å². The second kappa shape index (κ2) is 8.90. The lowest BCUT2D eigenvalue weighted by molar-refractivity contribution is -0.139. The molecule has 10 nitrogen and oxygen atoms in total. The monoisotopic (exact) mass is 485 g/mol. The summed E-state index contributed by atoms with van der Waals surface area (Å²) in [7, 11) is -3.45. The molecule has 2 aromatic rings. The molecule has 0 radical (unpaired) electrons. The Bertz CT molecular complexity index is 1310. The average Bonchev–Trinajstić information content (AvgIpc) is 3.01. The number of hydrogen-bond donors (Lipinski definition) is 0. The van der Waals surface area contributed by atoms with Crippen LogP contribution >= 0.6 is 0 Å². The van der Waals surface area contributed by atoms with Crippen LogP contribution in [0.25, 0.3) is 0 Å². The van der Waals surface area contributed by atoms with E-state index in [1.54, 1.807) is 37.3 Å². The number of fused-ring (bicyclic) bond motifs is 1. The van der Waals surface area contributed by atoms with E-state index in [9.17, 15) is 27.6 Å². The number of benzene rings is 2. The van der Waals surface area contributed by atoms with Gasteiger partial charge in [0, 0.05) is 12.1 Å². The van der Waals surface area contributed by atoms with E-state index in [2.05, 4.69) is 0 Å². The molecule has 34 heavy (non-hydrogen) atoms. The number of amides is 4. The Hall–Kier alpha value is -3.73. The number of urea groups is 1. The Morgan fingerprint density at radius 3 is 2.47 bits per heavy atom. The Morgan fingerprint density at radius 2 is 1.76 bits per heavy atom. The number of aryl methyl sites for hydroxylation is 1. The van der Waals surface area contributed by atoms with Crippen LogP contribution in [0.2, 0.25) is 0 Å². The number of para-hydroxylation sites is 2. The van der Waals surface area contributed by atoms with Gasteiger partial charge in [0.05, 0.1) is 30.8 Å². The van der Waals surface area contributed by atoms with Crippen molar-refractivity contribution in [2.24, 2.45) is 0 Å². The number of imide groups is 2. The molecule has 0 aliphatic carbocycles. The molecule has 0 saturated carbocycles. The summed E-state index contributed by atoms with van der Waals surface area (Å²) in [6.07, 6.45) is 2.31. The minimum absolute atomic E-state index is 0.122. The highest BCUT2D eigenvalue weighted by molar-refractivity contribution is 7.92. The highest BCUT2D eigenvalue weighted by atomic mass is 32.2. The summed E-state index contributed by atoms with van der Waals surface area (Å²) < 4.78 is 30.8. The molecule has 4 amide bonds. The van der Waals surface area contributed by atoms with E-state index in [1.807, 2.05) is 0 Å². The first-order chi connectivity index (χ1) is 16.1. The normalized spacial score (nSPS) is 16.2. The SMILES string of the molecule is CCOc1ccccc1N1C(=O)C(=O)N(CC(=O)c2ccc3c(c2)CCCN3S(C)(=O)=O)C1=O. The number of sulfonamides is 1. The van der Waals surface area contributed by atoms with Crippen molar-refractivity contribution in [2.75, 3.05) is 35.2 Å². The fourth-order valence-corrected chi connectivity index (χ4v) is 5.09. The summed E-state index contributed by atoms with van der Waals surface area (Å²) in [5.41, 5.74) is 1.53. The van der Waals surface area contributed by atoms with E-state index in [0.717, 1.165) is 6.26 Å². The highest BCUT2D eigenvalue weighted by Crippen LogP contribution is 2.33. The summed E-state index contributed by atoms with van der Waals surface area (Å²) in [5, 5.41) is 0. The van der Waals surface area contributed by atoms with Crippen LogP contribution < -0.4 is 13.9 Å². The number of anilines is 2. The van der Waals surface area contributed by atoms with Gasteiger partial charge >= 0.3 is 17.8 Å². The average molecular weight is 486 g/mol. The van der Waals surface area contributed by atoms with Crippen molar-refractivity contribution in [1.82, 2.24) is 4.90 Å². The molecule has 0 atom stereocenters. The van der Waals surface area contributed by atoms with Crippen molar-refractivity contribution < 1.29 is 32.3 Å². The van der Waals surface area contributed by atoms with E-state index >= 15 is 0 Å². The lowest BCUT2D eigenvalue weighted by Crippen LogP contribution is -2.37. The molecule has 1 saturated heterocycles. The predicted molar refractivity (Wildman–Crippen MR) is 123 cm³/mol. The minimum Gasteiger partial charge on any atom is -0.492 e. The molecular formula is C23H23N3O7S. The van der Waals surface area contributed by atoms with Gasteiger partial charge in [-0.25, -0.2) is 23.0 Å². The van der Waals surface area contributed by atoms with Crippen molar-refractivity contribution in [1.29, 1.82) is 0 Å². The van der Waals surface area contributed by atoms with Crippen LogP contribution in [0.4, 0.5) is 16.2 Å². The Morgan fingerprint density at radius 1 is 1.03 bits per heavy atom. The quantitative estimate of drug-likeness (QED) is 0.334. The maximum Gasteiger partial charge on any atom is 0.339 e. The van der Waals surface area contributed by atoms with Gasteiger partial charge in [0.2, 0.25) is 10.0 Å². The molecule has 0 unspecified atom stereocenters. The van der Waals surface area contributed by atoms with Gasteiger partial charge in [-0.1, -0.05) is 12.1 Å². The molecule has 11 heteroatoms. The first-order valence-corrected chi connectivity index (χ1v) is 12.5. The molecule has 0 spiro atoms. The molecule has 178 valence electrons. The van der Waals surface area contributed by atoms with Gasteiger partial charge in [-0.05, 0) is 55.7 Å². The Kier molecular flexibility index (Phi) is 6.13. The fourth-order valence-electron chi connectivity index (χ4n) is 4.09. The van der Waals surface area contributed by atoms with Crippen LogP contribution in [0.5, 0.6) is 5.75 Å².